The number of thiophene rings is 1. The number of hydrogen-bond acceptors (Lipinski definition) is 7. The molecule has 8 nitrogen and oxygen atoms in total. The van der Waals surface area contributed by atoms with Crippen molar-refractivity contribution in [1.29, 1.82) is 0 Å². The van der Waals surface area contributed by atoms with E-state index < -0.39 is 11.0 Å². The summed E-state index contributed by atoms with van der Waals surface area (Å²) in [6.07, 6.45) is 4.02. The highest BCUT2D eigenvalue weighted by Gasteiger charge is 2.36. The summed E-state index contributed by atoms with van der Waals surface area (Å²) >= 11 is 2.31. The zero-order valence-corrected chi connectivity index (χ0v) is 17.4. The van der Waals surface area contributed by atoms with E-state index in [0.29, 0.717) is 18.1 Å². The lowest BCUT2D eigenvalue weighted by molar-refractivity contribution is -0.380. The third-order valence-electron chi connectivity index (χ3n) is 4.62. The number of nitrogens with zero attached hydrogens (tertiary/aromatic N) is 3. The van der Waals surface area contributed by atoms with E-state index in [0.717, 1.165) is 42.7 Å². The first kappa shape index (κ1) is 20.4. The highest BCUT2D eigenvalue weighted by Crippen LogP contribution is 2.29. The maximum atomic E-state index is 12.8. The number of rotatable bonds is 7. The SMILES string of the molecule is CCCc1nc(NC(=O)C2CCCN2C(=O)c2ccc([N+](=O)[O-])s2)sc1CC. The Bertz CT molecular complexity index is 892. The molecular formula is C18H22N4O4S2. The molecule has 2 aromatic rings. The lowest BCUT2D eigenvalue weighted by Gasteiger charge is -2.22. The number of carbonyl (C=O) groups excluding carboxylic acids is 2. The summed E-state index contributed by atoms with van der Waals surface area (Å²) in [7, 11) is 0. The molecule has 1 unspecified atom stereocenters. The van der Waals surface area contributed by atoms with Gasteiger partial charge in [-0.3, -0.25) is 19.7 Å². The topological polar surface area (TPSA) is 105 Å². The molecule has 0 saturated carbocycles. The van der Waals surface area contributed by atoms with E-state index in [1.165, 1.54) is 33.2 Å². The highest BCUT2D eigenvalue weighted by atomic mass is 32.1. The predicted octanol–water partition coefficient (Wildman–Crippen LogP) is 3.87. The van der Waals surface area contributed by atoms with E-state index in [-0.39, 0.29) is 21.7 Å². The van der Waals surface area contributed by atoms with Crippen LogP contribution in [0.4, 0.5) is 10.1 Å². The molecule has 0 aliphatic carbocycles. The Morgan fingerprint density at radius 2 is 2.14 bits per heavy atom. The monoisotopic (exact) mass is 422 g/mol. The van der Waals surface area contributed by atoms with Gasteiger partial charge in [-0.05, 0) is 31.7 Å². The zero-order chi connectivity index (χ0) is 20.3. The molecular weight excluding hydrogens is 400 g/mol. The van der Waals surface area contributed by atoms with Crippen LogP contribution in [-0.4, -0.2) is 39.2 Å². The molecule has 1 N–H and O–H groups in total. The van der Waals surface area contributed by atoms with Crippen molar-refractivity contribution in [3.05, 3.63) is 37.7 Å². The second kappa shape index (κ2) is 8.78. The van der Waals surface area contributed by atoms with Crippen LogP contribution in [0.15, 0.2) is 12.1 Å². The van der Waals surface area contributed by atoms with Crippen LogP contribution in [0.25, 0.3) is 0 Å². The number of hydrogen-bond donors (Lipinski definition) is 1. The van der Waals surface area contributed by atoms with Gasteiger partial charge in [0.05, 0.1) is 15.5 Å². The normalized spacial score (nSPS) is 16.4. The number of likely N-dealkylation sites (tertiary alicyclic amines) is 1. The minimum absolute atomic E-state index is 0.0816. The Hall–Kier alpha value is -2.33. The third kappa shape index (κ3) is 4.22. The van der Waals surface area contributed by atoms with Crippen molar-refractivity contribution < 1.29 is 14.5 Å². The maximum Gasteiger partial charge on any atom is 0.324 e. The molecule has 150 valence electrons. The van der Waals surface area contributed by atoms with E-state index in [1.807, 2.05) is 0 Å². The van der Waals surface area contributed by atoms with Crippen molar-refractivity contribution in [2.24, 2.45) is 0 Å². The number of aryl methyl sites for hydroxylation is 2. The van der Waals surface area contributed by atoms with Gasteiger partial charge in [0.15, 0.2) is 5.13 Å². The Morgan fingerprint density at radius 1 is 1.36 bits per heavy atom. The van der Waals surface area contributed by atoms with Gasteiger partial charge in [-0.1, -0.05) is 31.6 Å². The van der Waals surface area contributed by atoms with Gasteiger partial charge in [0.2, 0.25) is 5.91 Å². The molecule has 2 aromatic heterocycles. The molecule has 3 rings (SSSR count). The van der Waals surface area contributed by atoms with Gasteiger partial charge in [0, 0.05) is 17.5 Å². The first-order valence-electron chi connectivity index (χ1n) is 9.29. The molecule has 1 aliphatic rings. The van der Waals surface area contributed by atoms with Gasteiger partial charge in [0.25, 0.3) is 5.91 Å². The summed E-state index contributed by atoms with van der Waals surface area (Å²) in [6, 6.07) is 2.18. The molecule has 1 fully saturated rings. The summed E-state index contributed by atoms with van der Waals surface area (Å²) in [4.78, 5) is 43.4. The predicted molar refractivity (Wildman–Crippen MR) is 109 cm³/mol. The zero-order valence-electron chi connectivity index (χ0n) is 15.8. The van der Waals surface area contributed by atoms with Crippen LogP contribution in [0.5, 0.6) is 0 Å². The molecule has 10 heteroatoms. The molecule has 1 aliphatic heterocycles. The second-order valence-corrected chi connectivity index (χ2v) is 8.68. The van der Waals surface area contributed by atoms with Crippen molar-refractivity contribution in [3.8, 4) is 0 Å². The minimum atomic E-state index is -0.586. The molecule has 0 radical (unpaired) electrons. The van der Waals surface area contributed by atoms with Crippen LogP contribution >= 0.6 is 22.7 Å². The Morgan fingerprint density at radius 3 is 2.79 bits per heavy atom. The van der Waals surface area contributed by atoms with Crippen LogP contribution in [0, 0.1) is 10.1 Å². The first-order valence-corrected chi connectivity index (χ1v) is 10.9. The number of aromatic nitrogens is 1. The van der Waals surface area contributed by atoms with Crippen LogP contribution < -0.4 is 5.32 Å². The van der Waals surface area contributed by atoms with Gasteiger partial charge in [-0.25, -0.2) is 4.98 Å². The molecule has 3 heterocycles. The van der Waals surface area contributed by atoms with Gasteiger partial charge in [0.1, 0.15) is 6.04 Å². The standard InChI is InChI=1S/C18H22N4O4S2/c1-3-6-11-13(4-2)28-18(19-11)20-16(23)12-7-5-10-21(12)17(24)14-8-9-15(27-14)22(25)26/h8-9,12H,3-7,10H2,1-2H3,(H,19,20,23). The van der Waals surface area contributed by atoms with Crippen molar-refractivity contribution in [2.75, 3.05) is 11.9 Å². The fourth-order valence-corrected chi connectivity index (χ4v) is 5.03. The van der Waals surface area contributed by atoms with Crippen molar-refractivity contribution >= 4 is 44.6 Å². The molecule has 1 atom stereocenters. The fraction of sp³-hybridized carbons (Fsp3) is 0.500. The number of nitro groups is 1. The van der Waals surface area contributed by atoms with Crippen molar-refractivity contribution in [1.82, 2.24) is 9.88 Å². The molecule has 2 amide bonds. The minimum Gasteiger partial charge on any atom is -0.326 e. The molecule has 0 aromatic carbocycles. The van der Waals surface area contributed by atoms with Gasteiger partial charge in [-0.2, -0.15) is 0 Å². The lowest BCUT2D eigenvalue weighted by atomic mass is 10.2. The van der Waals surface area contributed by atoms with Crippen molar-refractivity contribution in [2.45, 2.75) is 52.0 Å². The average Bonchev–Trinajstić information content (AvgIpc) is 3.40. The largest absolute Gasteiger partial charge is 0.326 e. The summed E-state index contributed by atoms with van der Waals surface area (Å²) in [5, 5.41) is 14.2. The van der Waals surface area contributed by atoms with Crippen LogP contribution in [0.1, 0.15) is 53.4 Å². The van der Waals surface area contributed by atoms with E-state index >= 15 is 0 Å². The summed E-state index contributed by atoms with van der Waals surface area (Å²) in [5.74, 6) is -0.591. The van der Waals surface area contributed by atoms with Gasteiger partial charge >= 0.3 is 5.00 Å². The van der Waals surface area contributed by atoms with E-state index in [2.05, 4.69) is 24.1 Å². The Balaban J connectivity index is 1.72. The second-order valence-electron chi connectivity index (χ2n) is 6.53. The molecule has 0 spiro atoms. The van der Waals surface area contributed by atoms with E-state index in [1.54, 1.807) is 0 Å². The van der Waals surface area contributed by atoms with Crippen LogP contribution in [0.3, 0.4) is 0 Å². The average molecular weight is 423 g/mol. The lowest BCUT2D eigenvalue weighted by Crippen LogP contribution is -2.42. The van der Waals surface area contributed by atoms with Crippen LogP contribution in [0.2, 0.25) is 0 Å². The van der Waals surface area contributed by atoms with Crippen molar-refractivity contribution in [3.63, 3.8) is 0 Å². The fourth-order valence-electron chi connectivity index (χ4n) is 3.30. The first-order chi connectivity index (χ1) is 13.4. The van der Waals surface area contributed by atoms with Crippen LogP contribution in [-0.2, 0) is 17.6 Å². The Kier molecular flexibility index (Phi) is 6.40. The quantitative estimate of drug-likeness (QED) is 0.538. The van der Waals surface area contributed by atoms with E-state index in [4.69, 9.17) is 0 Å². The van der Waals surface area contributed by atoms with E-state index in [9.17, 15) is 19.7 Å². The van der Waals surface area contributed by atoms with Gasteiger partial charge in [-0.15, -0.1) is 11.3 Å². The number of nitrogens with one attached hydrogen (secondary N) is 1. The Labute approximate surface area is 170 Å². The third-order valence-corrected chi connectivity index (χ3v) is 6.80. The molecule has 1 saturated heterocycles. The van der Waals surface area contributed by atoms with Gasteiger partial charge < -0.3 is 10.2 Å². The highest BCUT2D eigenvalue weighted by molar-refractivity contribution is 7.17. The number of thiazole rings is 1. The number of anilines is 1. The molecule has 28 heavy (non-hydrogen) atoms. The molecule has 0 bridgehead atoms. The summed E-state index contributed by atoms with van der Waals surface area (Å²) < 4.78 is 0. The number of carbonyl (C=O) groups is 2. The summed E-state index contributed by atoms with van der Waals surface area (Å²) in [5.41, 5.74) is 1.02. The number of amides is 2. The summed E-state index contributed by atoms with van der Waals surface area (Å²) in [6.45, 7) is 4.62. The smallest absolute Gasteiger partial charge is 0.324 e. The maximum absolute atomic E-state index is 12.8.